The van der Waals surface area contributed by atoms with Crippen molar-refractivity contribution in [2.24, 2.45) is 13.0 Å². The molecule has 0 unspecified atom stereocenters. The van der Waals surface area contributed by atoms with Gasteiger partial charge in [-0.05, 0) is 48.4 Å². The molecular weight excluding hydrogens is 592 g/mol. The van der Waals surface area contributed by atoms with E-state index in [0.29, 0.717) is 53.4 Å². The lowest BCUT2D eigenvalue weighted by molar-refractivity contribution is -0.155. The van der Waals surface area contributed by atoms with Crippen LogP contribution in [0.1, 0.15) is 29.3 Å². The maximum absolute atomic E-state index is 14.3. The summed E-state index contributed by atoms with van der Waals surface area (Å²) in [6.07, 6.45) is 2.61. The number of aryl methyl sites for hydroxylation is 1. The summed E-state index contributed by atoms with van der Waals surface area (Å²) >= 11 is 0. The number of rotatable bonds is 10. The molecule has 13 heteroatoms. The number of halogens is 4. The van der Waals surface area contributed by atoms with Gasteiger partial charge in [0.2, 0.25) is 0 Å². The van der Waals surface area contributed by atoms with Crippen LogP contribution in [0.15, 0.2) is 54.9 Å². The van der Waals surface area contributed by atoms with Crippen molar-refractivity contribution in [1.29, 1.82) is 0 Å². The van der Waals surface area contributed by atoms with Gasteiger partial charge in [-0.25, -0.2) is 27.2 Å². The van der Waals surface area contributed by atoms with Crippen LogP contribution in [-0.4, -0.2) is 62.2 Å². The lowest BCUT2D eigenvalue weighted by Crippen LogP contribution is -2.24. The first-order valence-corrected chi connectivity index (χ1v) is 14.3. The summed E-state index contributed by atoms with van der Waals surface area (Å²) in [6.45, 7) is 2.97. The van der Waals surface area contributed by atoms with Crippen LogP contribution in [0, 0.1) is 36.1 Å². The molecule has 0 amide bonds. The second-order valence-corrected chi connectivity index (χ2v) is 11.1. The molecule has 9 nitrogen and oxygen atoms in total. The number of hydroxylamine groups is 2. The van der Waals surface area contributed by atoms with Crippen LogP contribution >= 0.6 is 0 Å². The van der Waals surface area contributed by atoms with E-state index in [2.05, 4.69) is 10.1 Å². The zero-order valence-electron chi connectivity index (χ0n) is 24.8. The number of ether oxygens (including phenoxy) is 1. The molecule has 0 spiro atoms. The highest BCUT2D eigenvalue weighted by Crippen LogP contribution is 2.37. The van der Waals surface area contributed by atoms with Crippen LogP contribution in [0.25, 0.3) is 28.0 Å². The summed E-state index contributed by atoms with van der Waals surface area (Å²) in [4.78, 5) is 24.3. The Morgan fingerprint density at radius 1 is 1.02 bits per heavy atom. The Morgan fingerprint density at radius 2 is 1.78 bits per heavy atom. The van der Waals surface area contributed by atoms with Gasteiger partial charge in [0.05, 0.1) is 29.9 Å². The first-order chi connectivity index (χ1) is 21.6. The van der Waals surface area contributed by atoms with Crippen molar-refractivity contribution < 1.29 is 31.9 Å². The van der Waals surface area contributed by atoms with Crippen molar-refractivity contribution in [1.82, 2.24) is 29.6 Å². The van der Waals surface area contributed by atoms with E-state index in [1.54, 1.807) is 36.3 Å². The number of Topliss-reactive ketones (excluding diaryl/α,β-unsaturated/α-hetero) is 1. The maximum atomic E-state index is 14.3. The number of hydrogen-bond donors (Lipinski definition) is 0. The molecule has 2 aromatic carbocycles. The molecule has 45 heavy (non-hydrogen) atoms. The Hall–Kier alpha value is -4.46. The molecule has 4 heterocycles. The van der Waals surface area contributed by atoms with Crippen LogP contribution in [0.5, 0.6) is 0 Å². The van der Waals surface area contributed by atoms with Crippen molar-refractivity contribution in [3.8, 4) is 16.9 Å². The van der Waals surface area contributed by atoms with Crippen LogP contribution in [0.3, 0.4) is 0 Å². The highest BCUT2D eigenvalue weighted by molar-refractivity contribution is 5.84. The van der Waals surface area contributed by atoms with Crippen molar-refractivity contribution in [3.63, 3.8) is 0 Å². The number of carbonyl (C=O) groups excluding carboxylic acids is 1. The predicted molar refractivity (Wildman–Crippen MR) is 156 cm³/mol. The van der Waals surface area contributed by atoms with Gasteiger partial charge in [0.25, 0.3) is 0 Å². The number of carbonyl (C=O) groups is 1. The van der Waals surface area contributed by atoms with Gasteiger partial charge in [-0.3, -0.25) is 14.3 Å². The largest absolute Gasteiger partial charge is 0.383 e. The van der Waals surface area contributed by atoms with Gasteiger partial charge >= 0.3 is 0 Å². The van der Waals surface area contributed by atoms with Crippen LogP contribution in [0.2, 0.25) is 0 Å². The second-order valence-electron chi connectivity index (χ2n) is 11.1. The van der Waals surface area contributed by atoms with E-state index in [0.717, 1.165) is 29.7 Å². The normalized spacial score (nSPS) is 17.0. The molecule has 0 aliphatic carbocycles. The summed E-state index contributed by atoms with van der Waals surface area (Å²) in [5, 5.41) is 11.4. The topological polar surface area (TPSA) is 87.3 Å². The van der Waals surface area contributed by atoms with Crippen molar-refractivity contribution in [3.05, 3.63) is 94.9 Å². The minimum absolute atomic E-state index is 0.0497. The highest BCUT2D eigenvalue weighted by Gasteiger charge is 2.37. The third kappa shape index (κ3) is 6.10. The number of pyridine rings is 1. The standard InChI is InChI=1S/C32H30F4N6O3/c1-18-29(14-24(43)11-22-17-41(8-9-44-3)45-31(22)19-4-6-25(33)27(35)12-19)42(23-5-7-26(34)28(36)13-23)39-30(18)20-10-21-16-38-40(2)32(21)37-15-20/h4-7,10,12-13,15-16,22,31H,8-9,11,14,17H2,1-3H3/t22-,31+/m1/s1. The molecule has 2 atom stereocenters. The fourth-order valence-corrected chi connectivity index (χ4v) is 5.75. The Bertz CT molecular complexity index is 1890. The Balaban J connectivity index is 1.33. The molecule has 6 rings (SSSR count). The Morgan fingerprint density at radius 3 is 2.51 bits per heavy atom. The van der Waals surface area contributed by atoms with Crippen molar-refractivity contribution >= 4 is 16.8 Å². The smallest absolute Gasteiger partial charge is 0.160 e. The predicted octanol–water partition coefficient (Wildman–Crippen LogP) is 5.44. The van der Waals surface area contributed by atoms with E-state index in [-0.39, 0.29) is 30.2 Å². The number of benzene rings is 2. The summed E-state index contributed by atoms with van der Waals surface area (Å²) in [5.74, 6) is -4.59. The second kappa shape index (κ2) is 12.5. The molecule has 0 saturated carbocycles. The summed E-state index contributed by atoms with van der Waals surface area (Å²) in [7, 11) is 3.34. The van der Waals surface area contributed by atoms with E-state index < -0.39 is 29.4 Å². The van der Waals surface area contributed by atoms with Gasteiger partial charge in [-0.2, -0.15) is 15.3 Å². The third-order valence-electron chi connectivity index (χ3n) is 8.04. The summed E-state index contributed by atoms with van der Waals surface area (Å²) < 4.78 is 64.3. The first kappa shape index (κ1) is 30.6. The van der Waals surface area contributed by atoms with E-state index >= 15 is 0 Å². The number of ketones is 1. The molecule has 3 aromatic heterocycles. The van der Waals surface area contributed by atoms with Crippen molar-refractivity contribution in [2.75, 3.05) is 26.8 Å². The van der Waals surface area contributed by atoms with Gasteiger partial charge in [0, 0.05) is 69.2 Å². The zero-order chi connectivity index (χ0) is 31.8. The molecule has 0 bridgehead atoms. The molecular formula is C32H30F4N6O3. The highest BCUT2D eigenvalue weighted by atomic mass is 19.2. The van der Waals surface area contributed by atoms with Crippen LogP contribution in [0.4, 0.5) is 17.6 Å². The van der Waals surface area contributed by atoms with E-state index in [4.69, 9.17) is 14.7 Å². The lowest BCUT2D eigenvalue weighted by Gasteiger charge is -2.18. The van der Waals surface area contributed by atoms with Crippen molar-refractivity contribution in [2.45, 2.75) is 25.9 Å². The molecule has 5 aromatic rings. The number of hydrogen-bond acceptors (Lipinski definition) is 7. The van der Waals surface area contributed by atoms with Crippen LogP contribution < -0.4 is 0 Å². The number of nitrogens with zero attached hydrogens (tertiary/aromatic N) is 6. The monoisotopic (exact) mass is 622 g/mol. The first-order valence-electron chi connectivity index (χ1n) is 14.3. The Labute approximate surface area is 255 Å². The fourth-order valence-electron chi connectivity index (χ4n) is 5.75. The number of fused-ring (bicyclic) bond motifs is 1. The number of methoxy groups -OCH3 is 1. The SMILES string of the molecule is COCCN1C[C@@H](CC(=O)Cc2c(C)c(-c3cnc4c(cnn4C)c3)nn2-c2ccc(F)c(F)c2)[C@H](c2ccc(F)c(F)c2)O1. The van der Waals surface area contributed by atoms with Gasteiger partial charge in [-0.1, -0.05) is 6.07 Å². The van der Waals surface area contributed by atoms with E-state index in [9.17, 15) is 22.4 Å². The quantitative estimate of drug-likeness (QED) is 0.192. The maximum Gasteiger partial charge on any atom is 0.160 e. The minimum Gasteiger partial charge on any atom is -0.383 e. The molecule has 1 fully saturated rings. The number of aromatic nitrogens is 5. The molecule has 0 radical (unpaired) electrons. The van der Waals surface area contributed by atoms with Gasteiger partial charge < -0.3 is 4.74 Å². The minimum atomic E-state index is -1.05. The Kier molecular flexibility index (Phi) is 8.49. The van der Waals surface area contributed by atoms with Gasteiger partial charge in [0.1, 0.15) is 11.9 Å². The van der Waals surface area contributed by atoms with Gasteiger partial charge in [0.15, 0.2) is 28.9 Å². The lowest BCUT2D eigenvalue weighted by atomic mass is 9.90. The van der Waals surface area contributed by atoms with E-state index in [1.807, 2.05) is 13.0 Å². The summed E-state index contributed by atoms with van der Waals surface area (Å²) in [5.41, 5.74) is 3.69. The van der Waals surface area contributed by atoms with E-state index in [1.165, 1.54) is 16.8 Å². The molecule has 1 aliphatic rings. The summed E-state index contributed by atoms with van der Waals surface area (Å²) in [6, 6.07) is 8.87. The molecule has 1 saturated heterocycles. The average molecular weight is 623 g/mol. The van der Waals surface area contributed by atoms with Gasteiger partial charge in [-0.15, -0.1) is 0 Å². The van der Waals surface area contributed by atoms with Crippen LogP contribution in [-0.2, 0) is 27.8 Å². The zero-order valence-corrected chi connectivity index (χ0v) is 24.8. The third-order valence-corrected chi connectivity index (χ3v) is 8.04. The molecule has 1 aliphatic heterocycles. The molecule has 234 valence electrons. The molecule has 0 N–H and O–H groups in total. The average Bonchev–Trinajstić information content (AvgIpc) is 3.70. The fraction of sp³-hybridized carbons (Fsp3) is 0.312.